The van der Waals surface area contributed by atoms with Crippen molar-refractivity contribution in [1.82, 2.24) is 5.32 Å². The lowest BCUT2D eigenvalue weighted by molar-refractivity contribution is -0.137. The minimum absolute atomic E-state index is 0.117. The van der Waals surface area contributed by atoms with E-state index in [0.717, 1.165) is 11.3 Å². The van der Waals surface area contributed by atoms with Crippen molar-refractivity contribution in [2.24, 2.45) is 0 Å². The zero-order valence-corrected chi connectivity index (χ0v) is 21.5. The maximum Gasteiger partial charge on any atom is 0.408 e. The smallest absolute Gasteiger partial charge is 0.408 e. The van der Waals surface area contributed by atoms with Crippen molar-refractivity contribution in [2.45, 2.75) is 84.7 Å². The Morgan fingerprint density at radius 2 is 1.65 bits per heavy atom. The maximum atomic E-state index is 12.2. The molecule has 0 radical (unpaired) electrons. The van der Waals surface area contributed by atoms with Gasteiger partial charge in [-0.1, -0.05) is 39.0 Å². The van der Waals surface area contributed by atoms with Gasteiger partial charge in [0.2, 0.25) is 8.32 Å². The third-order valence-electron chi connectivity index (χ3n) is 5.01. The fourth-order valence-corrected chi connectivity index (χ4v) is 3.44. The van der Waals surface area contributed by atoms with Gasteiger partial charge in [0.15, 0.2) is 0 Å². The molecular formula is C24H39NO5Si. The Kier molecular flexibility index (Phi) is 9.36. The lowest BCUT2D eigenvalue weighted by Gasteiger charge is -2.36. The number of carbonyl (C=O) groups excluding carboxylic acids is 2. The number of hydrogen-bond acceptors (Lipinski definition) is 5. The van der Waals surface area contributed by atoms with Gasteiger partial charge in [0, 0.05) is 6.08 Å². The first-order valence-electron chi connectivity index (χ1n) is 10.8. The first-order chi connectivity index (χ1) is 14.1. The van der Waals surface area contributed by atoms with Gasteiger partial charge < -0.3 is 19.2 Å². The van der Waals surface area contributed by atoms with E-state index < -0.39 is 32.0 Å². The predicted octanol–water partition coefficient (Wildman–Crippen LogP) is 5.63. The van der Waals surface area contributed by atoms with Gasteiger partial charge in [-0.2, -0.15) is 0 Å². The Morgan fingerprint density at radius 1 is 1.06 bits per heavy atom. The molecular weight excluding hydrogens is 410 g/mol. The van der Waals surface area contributed by atoms with E-state index in [-0.39, 0.29) is 5.04 Å². The summed E-state index contributed by atoms with van der Waals surface area (Å²) in [6.07, 6.45) is 2.92. The number of alkyl carbamates (subject to hydrolysis) is 1. The average Bonchev–Trinajstić information content (AvgIpc) is 2.58. The van der Waals surface area contributed by atoms with Gasteiger partial charge in [-0.3, -0.25) is 0 Å². The number of nitrogens with one attached hydrogen (secondary N) is 1. The number of amides is 1. The molecule has 31 heavy (non-hydrogen) atoms. The van der Waals surface area contributed by atoms with Gasteiger partial charge in [0.1, 0.15) is 11.4 Å². The Morgan fingerprint density at radius 3 is 2.13 bits per heavy atom. The molecule has 0 aliphatic heterocycles. The molecule has 7 heteroatoms. The van der Waals surface area contributed by atoms with Crippen molar-refractivity contribution >= 4 is 20.4 Å². The van der Waals surface area contributed by atoms with Gasteiger partial charge in [-0.15, -0.1) is 0 Å². The van der Waals surface area contributed by atoms with Crippen LogP contribution in [0, 0.1) is 0 Å². The molecule has 0 heterocycles. The van der Waals surface area contributed by atoms with E-state index in [2.05, 4.69) is 39.2 Å². The van der Waals surface area contributed by atoms with Crippen LogP contribution in [0.1, 0.15) is 54.0 Å². The van der Waals surface area contributed by atoms with E-state index in [4.69, 9.17) is 13.9 Å². The van der Waals surface area contributed by atoms with Crippen LogP contribution in [0.25, 0.3) is 0 Å². The van der Waals surface area contributed by atoms with Gasteiger partial charge in [-0.05, 0) is 69.9 Å². The number of rotatable bonds is 8. The van der Waals surface area contributed by atoms with Crippen LogP contribution in [0.2, 0.25) is 18.1 Å². The quantitative estimate of drug-likeness (QED) is 0.316. The molecule has 1 aromatic carbocycles. The molecule has 1 amide bonds. The summed E-state index contributed by atoms with van der Waals surface area (Å²) in [5.74, 6) is 0.394. The van der Waals surface area contributed by atoms with E-state index in [1.165, 1.54) is 6.08 Å². The van der Waals surface area contributed by atoms with E-state index in [1.54, 1.807) is 33.8 Å². The van der Waals surface area contributed by atoms with Crippen molar-refractivity contribution < 1.29 is 23.5 Å². The second kappa shape index (κ2) is 10.8. The summed E-state index contributed by atoms with van der Waals surface area (Å²) < 4.78 is 16.6. The molecule has 0 aliphatic rings. The third kappa shape index (κ3) is 10.0. The highest BCUT2D eigenvalue weighted by molar-refractivity contribution is 6.74. The first kappa shape index (κ1) is 26.8. The highest BCUT2D eigenvalue weighted by Gasteiger charge is 2.38. The normalized spacial score (nSPS) is 13.6. The second-order valence-electron chi connectivity index (χ2n) is 10.1. The molecule has 0 spiro atoms. The van der Waals surface area contributed by atoms with E-state index in [1.807, 2.05) is 24.3 Å². The molecule has 0 unspecified atom stereocenters. The van der Waals surface area contributed by atoms with Crippen LogP contribution in [-0.4, -0.2) is 38.6 Å². The largest absolute Gasteiger partial charge is 0.544 e. The summed E-state index contributed by atoms with van der Waals surface area (Å²) in [4.78, 5) is 23.9. The zero-order valence-electron chi connectivity index (χ0n) is 20.5. The second-order valence-corrected chi connectivity index (χ2v) is 14.8. The molecule has 174 valence electrons. The summed E-state index contributed by atoms with van der Waals surface area (Å²) in [6.45, 7) is 18.5. The average molecular weight is 450 g/mol. The summed E-state index contributed by atoms with van der Waals surface area (Å²) in [5, 5.41) is 2.93. The third-order valence-corrected chi connectivity index (χ3v) is 9.37. The van der Waals surface area contributed by atoms with Gasteiger partial charge in [-0.25, -0.2) is 9.59 Å². The molecule has 1 rings (SSSR count). The molecule has 1 aromatic rings. The summed E-state index contributed by atoms with van der Waals surface area (Å²) in [6, 6.07) is 7.44. The van der Waals surface area contributed by atoms with Crippen LogP contribution in [-0.2, 0) is 20.7 Å². The first-order valence-corrected chi connectivity index (χ1v) is 13.7. The number of carbonyl (C=O) groups is 2. The van der Waals surface area contributed by atoms with Crippen molar-refractivity contribution in [3.05, 3.63) is 42.0 Å². The molecule has 1 atom stereocenters. The Balaban J connectivity index is 2.92. The zero-order chi connectivity index (χ0) is 23.9. The Labute approximate surface area is 188 Å². The molecule has 0 saturated heterocycles. The van der Waals surface area contributed by atoms with Crippen LogP contribution in [0.4, 0.5) is 4.79 Å². The van der Waals surface area contributed by atoms with Crippen molar-refractivity contribution in [1.29, 1.82) is 0 Å². The lowest BCUT2D eigenvalue weighted by Crippen LogP contribution is -2.43. The van der Waals surface area contributed by atoms with Crippen LogP contribution in [0.15, 0.2) is 36.4 Å². The minimum atomic E-state index is -1.91. The SMILES string of the molecule is CCOC(=O)/C=C/[C@@H](Cc1ccc(O[Si](C)(C)C(C)(C)C)cc1)NC(=O)OC(C)(C)C. The van der Waals surface area contributed by atoms with Gasteiger partial charge in [0.25, 0.3) is 0 Å². The predicted molar refractivity (Wildman–Crippen MR) is 127 cm³/mol. The number of ether oxygens (including phenoxy) is 2. The fourth-order valence-electron chi connectivity index (χ4n) is 2.41. The van der Waals surface area contributed by atoms with Gasteiger partial charge in [0.05, 0.1) is 12.6 Å². The van der Waals surface area contributed by atoms with Crippen molar-refractivity contribution in [3.63, 3.8) is 0 Å². The van der Waals surface area contributed by atoms with Crippen LogP contribution >= 0.6 is 0 Å². The van der Waals surface area contributed by atoms with Crippen LogP contribution < -0.4 is 9.74 Å². The van der Waals surface area contributed by atoms with E-state index in [9.17, 15) is 9.59 Å². The van der Waals surface area contributed by atoms with Crippen molar-refractivity contribution in [2.75, 3.05) is 6.61 Å². The van der Waals surface area contributed by atoms with Crippen molar-refractivity contribution in [3.8, 4) is 5.75 Å². The molecule has 0 bridgehead atoms. The summed E-state index contributed by atoms with van der Waals surface area (Å²) >= 11 is 0. The molecule has 6 nitrogen and oxygen atoms in total. The van der Waals surface area contributed by atoms with E-state index >= 15 is 0 Å². The summed E-state index contributed by atoms with van der Waals surface area (Å²) in [5.41, 5.74) is 0.388. The molecule has 0 aromatic heterocycles. The summed E-state index contributed by atoms with van der Waals surface area (Å²) in [7, 11) is -1.91. The maximum absolute atomic E-state index is 12.2. The molecule has 0 aliphatic carbocycles. The minimum Gasteiger partial charge on any atom is -0.544 e. The van der Waals surface area contributed by atoms with Crippen LogP contribution in [0.5, 0.6) is 5.75 Å². The van der Waals surface area contributed by atoms with Crippen LogP contribution in [0.3, 0.4) is 0 Å². The highest BCUT2D eigenvalue weighted by atomic mass is 28.4. The Hall–Kier alpha value is -2.28. The van der Waals surface area contributed by atoms with Gasteiger partial charge >= 0.3 is 12.1 Å². The molecule has 0 fully saturated rings. The number of benzene rings is 1. The lowest BCUT2D eigenvalue weighted by atomic mass is 10.1. The van der Waals surface area contributed by atoms with E-state index in [0.29, 0.717) is 13.0 Å². The fraction of sp³-hybridized carbons (Fsp3) is 0.583. The number of esters is 1. The molecule has 0 saturated carbocycles. The Bertz CT molecular complexity index is 758. The monoisotopic (exact) mass is 449 g/mol. The number of hydrogen-bond donors (Lipinski definition) is 1. The molecule has 1 N–H and O–H groups in total. The topological polar surface area (TPSA) is 73.9 Å². The standard InChI is InChI=1S/C24H39NO5Si/c1-10-28-21(26)16-13-19(25-22(27)29-23(2,3)4)17-18-11-14-20(15-12-18)30-31(8,9)24(5,6)7/h11-16,19H,10,17H2,1-9H3,(H,25,27)/b16-13+/t19-/m0/s1. The highest BCUT2D eigenvalue weighted by Crippen LogP contribution is 2.37.